The minimum atomic E-state index is -3.16. The second kappa shape index (κ2) is 8.14. The number of para-hydroxylation sites is 1. The SMILES string of the molecule is O=[P@](Nc1ccccc1)(OC[C@H](Br)CBr)c1ccccc1. The quantitative estimate of drug-likeness (QED) is 0.504. The molecule has 1 N–H and O–H groups in total. The molecule has 0 unspecified atom stereocenters. The van der Waals surface area contributed by atoms with Crippen molar-refractivity contribution in [2.45, 2.75) is 4.83 Å². The molecular formula is C15H16Br2NO2P. The fourth-order valence-electron chi connectivity index (χ4n) is 1.71. The summed E-state index contributed by atoms with van der Waals surface area (Å²) in [6, 6.07) is 18.7. The van der Waals surface area contributed by atoms with Crippen LogP contribution < -0.4 is 10.4 Å². The van der Waals surface area contributed by atoms with Crippen LogP contribution in [0, 0.1) is 0 Å². The van der Waals surface area contributed by atoms with Crippen molar-refractivity contribution in [3.8, 4) is 0 Å². The monoisotopic (exact) mass is 431 g/mol. The van der Waals surface area contributed by atoms with Crippen molar-refractivity contribution in [1.82, 2.24) is 0 Å². The van der Waals surface area contributed by atoms with E-state index in [0.29, 0.717) is 11.9 Å². The molecule has 0 spiro atoms. The zero-order chi connectivity index (χ0) is 15.1. The van der Waals surface area contributed by atoms with Gasteiger partial charge in [-0.25, -0.2) is 0 Å². The zero-order valence-electron chi connectivity index (χ0n) is 11.3. The highest BCUT2D eigenvalue weighted by Gasteiger charge is 2.26. The summed E-state index contributed by atoms with van der Waals surface area (Å²) in [5.41, 5.74) is 0.773. The van der Waals surface area contributed by atoms with Gasteiger partial charge in [0.05, 0.1) is 11.9 Å². The highest BCUT2D eigenvalue weighted by Crippen LogP contribution is 2.45. The van der Waals surface area contributed by atoms with E-state index in [2.05, 4.69) is 36.9 Å². The Morgan fingerprint density at radius 3 is 2.19 bits per heavy atom. The molecule has 6 heteroatoms. The predicted molar refractivity (Wildman–Crippen MR) is 96.2 cm³/mol. The average molecular weight is 433 g/mol. The normalized spacial score (nSPS) is 15.1. The molecule has 0 bridgehead atoms. The smallest absolute Gasteiger partial charge is 0.312 e. The van der Waals surface area contributed by atoms with Crippen molar-refractivity contribution in [3.63, 3.8) is 0 Å². The molecule has 3 nitrogen and oxygen atoms in total. The molecule has 2 aromatic rings. The third-order valence-corrected chi connectivity index (χ3v) is 7.03. The van der Waals surface area contributed by atoms with Crippen LogP contribution in [0.25, 0.3) is 0 Å². The Kier molecular flexibility index (Phi) is 6.49. The molecule has 0 heterocycles. The maximum absolute atomic E-state index is 13.2. The summed E-state index contributed by atoms with van der Waals surface area (Å²) >= 11 is 6.84. The van der Waals surface area contributed by atoms with Crippen LogP contribution in [0.15, 0.2) is 60.7 Å². The van der Waals surface area contributed by atoms with E-state index in [-0.39, 0.29) is 4.83 Å². The lowest BCUT2D eigenvalue weighted by Crippen LogP contribution is -2.18. The number of hydrogen-bond acceptors (Lipinski definition) is 2. The highest BCUT2D eigenvalue weighted by atomic mass is 79.9. The van der Waals surface area contributed by atoms with Crippen molar-refractivity contribution in [3.05, 3.63) is 60.7 Å². The van der Waals surface area contributed by atoms with Crippen LogP contribution in [-0.4, -0.2) is 16.8 Å². The highest BCUT2D eigenvalue weighted by molar-refractivity contribution is 9.12. The largest absolute Gasteiger partial charge is 0.323 e. The van der Waals surface area contributed by atoms with E-state index in [1.807, 2.05) is 60.7 Å². The van der Waals surface area contributed by atoms with E-state index in [9.17, 15) is 4.57 Å². The van der Waals surface area contributed by atoms with Gasteiger partial charge in [0.25, 0.3) is 0 Å². The van der Waals surface area contributed by atoms with Gasteiger partial charge in [-0.2, -0.15) is 0 Å². The van der Waals surface area contributed by atoms with Gasteiger partial charge in [0.15, 0.2) is 0 Å². The Bertz CT molecular complexity index is 595. The molecule has 0 fully saturated rings. The third kappa shape index (κ3) is 4.96. The summed E-state index contributed by atoms with van der Waals surface area (Å²) < 4.78 is 19.0. The summed E-state index contributed by atoms with van der Waals surface area (Å²) in [4.78, 5) is 0.104. The Labute approximate surface area is 141 Å². The number of hydrogen-bond donors (Lipinski definition) is 1. The summed E-state index contributed by atoms with van der Waals surface area (Å²) in [5.74, 6) is 0. The third-order valence-electron chi connectivity index (χ3n) is 2.75. The van der Waals surface area contributed by atoms with E-state index in [1.165, 1.54) is 0 Å². The first-order chi connectivity index (χ1) is 10.1. The molecule has 2 aromatic carbocycles. The predicted octanol–water partition coefficient (Wildman–Crippen LogP) is 4.79. The van der Waals surface area contributed by atoms with Gasteiger partial charge in [-0.3, -0.25) is 4.57 Å². The lowest BCUT2D eigenvalue weighted by Gasteiger charge is -2.22. The summed E-state index contributed by atoms with van der Waals surface area (Å²) in [5, 5.41) is 4.43. The van der Waals surface area contributed by atoms with Crippen LogP contribution in [0.1, 0.15) is 0 Å². The standard InChI is InChI=1S/C15H16Br2NO2P/c16-11-13(17)12-20-21(19,15-9-5-2-6-10-15)18-14-7-3-1-4-8-14/h1-10,13H,11-12H2,(H,18,19)/t13-,21+/m1/s1. The van der Waals surface area contributed by atoms with E-state index < -0.39 is 7.52 Å². The van der Waals surface area contributed by atoms with Crippen molar-refractivity contribution in [1.29, 1.82) is 0 Å². The van der Waals surface area contributed by atoms with Crippen molar-refractivity contribution >= 4 is 50.4 Å². The molecule has 0 amide bonds. The maximum atomic E-state index is 13.2. The van der Waals surface area contributed by atoms with Crippen molar-refractivity contribution in [2.24, 2.45) is 0 Å². The first kappa shape index (κ1) is 16.8. The van der Waals surface area contributed by atoms with Gasteiger partial charge < -0.3 is 9.61 Å². The Morgan fingerprint density at radius 2 is 1.62 bits per heavy atom. The molecular weight excluding hydrogens is 417 g/mol. The lowest BCUT2D eigenvalue weighted by molar-refractivity contribution is 0.331. The molecule has 0 radical (unpaired) electrons. The minimum absolute atomic E-state index is 0.104. The van der Waals surface area contributed by atoms with E-state index in [0.717, 1.165) is 11.0 Å². The fraction of sp³-hybridized carbons (Fsp3) is 0.200. The van der Waals surface area contributed by atoms with Gasteiger partial charge in [-0.15, -0.1) is 0 Å². The van der Waals surface area contributed by atoms with Gasteiger partial charge in [0, 0.05) is 15.8 Å². The molecule has 0 aliphatic rings. The number of alkyl halides is 2. The van der Waals surface area contributed by atoms with Crippen LogP contribution in [0.5, 0.6) is 0 Å². The van der Waals surface area contributed by atoms with Crippen LogP contribution >= 0.6 is 39.4 Å². The first-order valence-electron chi connectivity index (χ1n) is 6.47. The van der Waals surface area contributed by atoms with Crippen LogP contribution in [-0.2, 0) is 9.09 Å². The molecule has 2 rings (SSSR count). The van der Waals surface area contributed by atoms with Gasteiger partial charge in [0.2, 0.25) is 0 Å². The number of anilines is 1. The fourth-order valence-corrected chi connectivity index (χ4v) is 4.02. The van der Waals surface area contributed by atoms with Gasteiger partial charge in [-0.1, -0.05) is 68.3 Å². The van der Waals surface area contributed by atoms with E-state index in [4.69, 9.17) is 4.52 Å². The molecule has 0 saturated heterocycles. The molecule has 21 heavy (non-hydrogen) atoms. The first-order valence-corrected chi connectivity index (χ1v) is 10.1. The molecule has 0 aromatic heterocycles. The molecule has 0 aliphatic heterocycles. The second-order valence-electron chi connectivity index (χ2n) is 4.41. The van der Waals surface area contributed by atoms with E-state index in [1.54, 1.807) is 0 Å². The number of benzene rings is 2. The number of rotatable bonds is 7. The Hall–Kier alpha value is -0.610. The molecule has 0 saturated carbocycles. The number of halogens is 2. The maximum Gasteiger partial charge on any atom is 0.323 e. The summed E-state index contributed by atoms with van der Waals surface area (Å²) in [6.45, 7) is 0.344. The molecule has 2 atom stereocenters. The topological polar surface area (TPSA) is 38.3 Å². The van der Waals surface area contributed by atoms with Crippen LogP contribution in [0.2, 0.25) is 0 Å². The lowest BCUT2D eigenvalue weighted by atomic mass is 10.3. The zero-order valence-corrected chi connectivity index (χ0v) is 15.4. The van der Waals surface area contributed by atoms with Gasteiger partial charge in [-0.05, 0) is 24.3 Å². The summed E-state index contributed by atoms with van der Waals surface area (Å²) in [6.07, 6.45) is 0. The number of nitrogens with one attached hydrogen (secondary N) is 1. The molecule has 0 aliphatic carbocycles. The van der Waals surface area contributed by atoms with Crippen molar-refractivity contribution in [2.75, 3.05) is 17.0 Å². The van der Waals surface area contributed by atoms with E-state index >= 15 is 0 Å². The molecule has 112 valence electrons. The van der Waals surface area contributed by atoms with Gasteiger partial charge in [0.1, 0.15) is 0 Å². The second-order valence-corrected chi connectivity index (χ2v) is 8.46. The minimum Gasteiger partial charge on any atom is -0.312 e. The van der Waals surface area contributed by atoms with Gasteiger partial charge >= 0.3 is 7.52 Å². The van der Waals surface area contributed by atoms with Crippen LogP contribution in [0.4, 0.5) is 5.69 Å². The Balaban J connectivity index is 2.24. The summed E-state index contributed by atoms with van der Waals surface area (Å²) in [7, 11) is -3.16. The van der Waals surface area contributed by atoms with Crippen LogP contribution in [0.3, 0.4) is 0 Å². The van der Waals surface area contributed by atoms with Crippen molar-refractivity contribution < 1.29 is 9.09 Å². The average Bonchev–Trinajstić information content (AvgIpc) is 2.54. The Morgan fingerprint density at radius 1 is 1.05 bits per heavy atom.